The van der Waals surface area contributed by atoms with Gasteiger partial charge in [-0.1, -0.05) is 0 Å². The lowest BCUT2D eigenvalue weighted by molar-refractivity contribution is -0.137. The van der Waals surface area contributed by atoms with Crippen LogP contribution in [0.2, 0.25) is 0 Å². The van der Waals surface area contributed by atoms with Crippen molar-refractivity contribution in [1.82, 2.24) is 9.88 Å². The van der Waals surface area contributed by atoms with Crippen LogP contribution in [-0.4, -0.2) is 41.1 Å². The van der Waals surface area contributed by atoms with E-state index in [4.69, 9.17) is 10.5 Å². The summed E-state index contributed by atoms with van der Waals surface area (Å²) in [5, 5.41) is 0. The topological polar surface area (TPSA) is 68.5 Å². The Kier molecular flexibility index (Phi) is 3.93. The minimum Gasteiger partial charge on any atom is -0.379 e. The summed E-state index contributed by atoms with van der Waals surface area (Å²) in [5.74, 6) is -0.0284. The average molecular weight is 249 g/mol. The Bertz CT molecular complexity index is 402. The van der Waals surface area contributed by atoms with Crippen molar-refractivity contribution in [3.8, 4) is 0 Å². The molecule has 98 valence electrons. The Morgan fingerprint density at radius 1 is 1.56 bits per heavy atom. The highest BCUT2D eigenvalue weighted by Crippen LogP contribution is 2.19. The summed E-state index contributed by atoms with van der Waals surface area (Å²) >= 11 is 0. The SMILES string of the molecule is CCN(Cc1ccncc1)C(=O)C1(N)CCOC1. The van der Waals surface area contributed by atoms with Gasteiger partial charge in [-0.15, -0.1) is 0 Å². The van der Waals surface area contributed by atoms with Crippen LogP contribution in [0, 0.1) is 0 Å². The van der Waals surface area contributed by atoms with Crippen molar-refractivity contribution in [2.75, 3.05) is 19.8 Å². The van der Waals surface area contributed by atoms with Gasteiger partial charge < -0.3 is 15.4 Å². The predicted octanol–water partition coefficient (Wildman–Crippen LogP) is 0.548. The fourth-order valence-electron chi connectivity index (χ4n) is 2.10. The lowest BCUT2D eigenvalue weighted by Crippen LogP contribution is -2.55. The highest BCUT2D eigenvalue weighted by atomic mass is 16.5. The second-order valence-corrected chi connectivity index (χ2v) is 4.63. The van der Waals surface area contributed by atoms with Crippen molar-refractivity contribution in [1.29, 1.82) is 0 Å². The Balaban J connectivity index is 2.07. The van der Waals surface area contributed by atoms with Gasteiger partial charge in [0.15, 0.2) is 0 Å². The van der Waals surface area contributed by atoms with Crippen molar-refractivity contribution in [2.24, 2.45) is 5.73 Å². The molecule has 1 saturated heterocycles. The third kappa shape index (κ3) is 2.68. The van der Waals surface area contributed by atoms with E-state index in [1.54, 1.807) is 17.3 Å². The number of rotatable bonds is 4. The molecule has 1 atom stereocenters. The van der Waals surface area contributed by atoms with Gasteiger partial charge >= 0.3 is 0 Å². The quantitative estimate of drug-likeness (QED) is 0.846. The number of ether oxygens (including phenoxy) is 1. The summed E-state index contributed by atoms with van der Waals surface area (Å²) in [6.45, 7) is 4.04. The summed E-state index contributed by atoms with van der Waals surface area (Å²) in [7, 11) is 0. The molecule has 5 heteroatoms. The number of aromatic nitrogens is 1. The first-order chi connectivity index (χ1) is 8.65. The van der Waals surface area contributed by atoms with E-state index < -0.39 is 5.54 Å². The molecule has 2 N–H and O–H groups in total. The van der Waals surface area contributed by atoms with E-state index in [-0.39, 0.29) is 5.91 Å². The number of carbonyl (C=O) groups is 1. The summed E-state index contributed by atoms with van der Waals surface area (Å²) < 4.78 is 5.24. The van der Waals surface area contributed by atoms with Gasteiger partial charge in [-0.3, -0.25) is 9.78 Å². The molecular formula is C13H19N3O2. The summed E-state index contributed by atoms with van der Waals surface area (Å²) in [6, 6.07) is 3.81. The largest absolute Gasteiger partial charge is 0.379 e. The van der Waals surface area contributed by atoms with Gasteiger partial charge in [0, 0.05) is 32.1 Å². The first-order valence-corrected chi connectivity index (χ1v) is 6.20. The van der Waals surface area contributed by atoms with E-state index in [9.17, 15) is 4.79 Å². The van der Waals surface area contributed by atoms with E-state index in [1.165, 1.54) is 0 Å². The number of likely N-dealkylation sites (N-methyl/N-ethyl adjacent to an activating group) is 1. The molecule has 0 bridgehead atoms. The highest BCUT2D eigenvalue weighted by Gasteiger charge is 2.40. The van der Waals surface area contributed by atoms with Crippen LogP contribution < -0.4 is 5.73 Å². The number of amides is 1. The fourth-order valence-corrected chi connectivity index (χ4v) is 2.10. The molecule has 0 aliphatic carbocycles. The molecule has 2 heterocycles. The van der Waals surface area contributed by atoms with Crippen molar-refractivity contribution in [3.05, 3.63) is 30.1 Å². The Hall–Kier alpha value is -1.46. The molecular weight excluding hydrogens is 230 g/mol. The molecule has 18 heavy (non-hydrogen) atoms. The maximum absolute atomic E-state index is 12.4. The van der Waals surface area contributed by atoms with E-state index in [0.717, 1.165) is 5.56 Å². The zero-order valence-corrected chi connectivity index (χ0v) is 10.6. The van der Waals surface area contributed by atoms with E-state index in [1.807, 2.05) is 19.1 Å². The van der Waals surface area contributed by atoms with Gasteiger partial charge in [0.2, 0.25) is 5.91 Å². The maximum Gasteiger partial charge on any atom is 0.245 e. The minimum atomic E-state index is -0.844. The second-order valence-electron chi connectivity index (χ2n) is 4.63. The smallest absolute Gasteiger partial charge is 0.245 e. The molecule has 0 aromatic carbocycles. The molecule has 1 aliphatic heterocycles. The van der Waals surface area contributed by atoms with E-state index in [2.05, 4.69) is 4.98 Å². The zero-order valence-electron chi connectivity index (χ0n) is 10.6. The van der Waals surface area contributed by atoms with Crippen molar-refractivity contribution < 1.29 is 9.53 Å². The number of hydrogen-bond acceptors (Lipinski definition) is 4. The molecule has 1 aromatic heterocycles. The molecule has 0 saturated carbocycles. The molecule has 1 amide bonds. The van der Waals surface area contributed by atoms with Gasteiger partial charge in [-0.2, -0.15) is 0 Å². The van der Waals surface area contributed by atoms with Gasteiger partial charge in [-0.05, 0) is 31.0 Å². The molecule has 2 rings (SSSR count). The average Bonchev–Trinajstić information content (AvgIpc) is 2.84. The van der Waals surface area contributed by atoms with E-state index in [0.29, 0.717) is 32.7 Å². The first kappa shape index (κ1) is 13.0. The van der Waals surface area contributed by atoms with Crippen LogP contribution in [0.3, 0.4) is 0 Å². The molecule has 5 nitrogen and oxygen atoms in total. The molecule has 1 unspecified atom stereocenters. The highest BCUT2D eigenvalue weighted by molar-refractivity contribution is 5.86. The lowest BCUT2D eigenvalue weighted by atomic mass is 9.98. The molecule has 0 spiro atoms. The summed E-state index contributed by atoms with van der Waals surface area (Å²) in [5.41, 5.74) is 6.32. The number of nitrogens with zero attached hydrogens (tertiary/aromatic N) is 2. The van der Waals surface area contributed by atoms with Crippen molar-refractivity contribution >= 4 is 5.91 Å². The third-order valence-electron chi connectivity index (χ3n) is 3.27. The van der Waals surface area contributed by atoms with E-state index >= 15 is 0 Å². The summed E-state index contributed by atoms with van der Waals surface area (Å²) in [6.07, 6.45) is 4.05. The van der Waals surface area contributed by atoms with Crippen LogP contribution in [-0.2, 0) is 16.1 Å². The van der Waals surface area contributed by atoms with Crippen LogP contribution in [0.1, 0.15) is 18.9 Å². The first-order valence-electron chi connectivity index (χ1n) is 6.20. The fraction of sp³-hybridized carbons (Fsp3) is 0.538. The van der Waals surface area contributed by atoms with Gasteiger partial charge in [-0.25, -0.2) is 0 Å². The number of carbonyl (C=O) groups excluding carboxylic acids is 1. The Labute approximate surface area is 107 Å². The normalized spacial score (nSPS) is 23.0. The third-order valence-corrected chi connectivity index (χ3v) is 3.27. The minimum absolute atomic E-state index is 0.0284. The predicted molar refractivity (Wildman–Crippen MR) is 67.7 cm³/mol. The maximum atomic E-state index is 12.4. The zero-order chi connectivity index (χ0) is 13.0. The second kappa shape index (κ2) is 5.46. The number of pyridine rings is 1. The summed E-state index contributed by atoms with van der Waals surface area (Å²) in [4.78, 5) is 18.1. The standard InChI is InChI=1S/C13H19N3O2/c1-2-16(9-11-3-6-15-7-4-11)12(17)13(14)5-8-18-10-13/h3-4,6-7H,2,5,8-10,14H2,1H3. The molecule has 1 fully saturated rings. The van der Waals surface area contributed by atoms with Gasteiger partial charge in [0.05, 0.1) is 6.61 Å². The number of hydrogen-bond donors (Lipinski definition) is 1. The monoisotopic (exact) mass is 249 g/mol. The van der Waals surface area contributed by atoms with Crippen molar-refractivity contribution in [3.63, 3.8) is 0 Å². The van der Waals surface area contributed by atoms with Crippen LogP contribution in [0.4, 0.5) is 0 Å². The lowest BCUT2D eigenvalue weighted by Gasteiger charge is -2.29. The van der Waals surface area contributed by atoms with Crippen LogP contribution in [0.5, 0.6) is 0 Å². The van der Waals surface area contributed by atoms with Gasteiger partial charge in [0.25, 0.3) is 0 Å². The molecule has 0 radical (unpaired) electrons. The van der Waals surface area contributed by atoms with Crippen molar-refractivity contribution in [2.45, 2.75) is 25.4 Å². The Morgan fingerprint density at radius 3 is 2.83 bits per heavy atom. The molecule has 1 aliphatic rings. The number of nitrogens with two attached hydrogens (primary N) is 1. The van der Waals surface area contributed by atoms with Crippen LogP contribution in [0.15, 0.2) is 24.5 Å². The molecule has 1 aromatic rings. The Morgan fingerprint density at radius 2 is 2.28 bits per heavy atom. The van der Waals surface area contributed by atoms with Crippen LogP contribution >= 0.6 is 0 Å². The van der Waals surface area contributed by atoms with Crippen LogP contribution in [0.25, 0.3) is 0 Å². The van der Waals surface area contributed by atoms with Gasteiger partial charge in [0.1, 0.15) is 5.54 Å².